The van der Waals surface area contributed by atoms with Crippen LogP contribution in [-0.2, 0) is 26.0 Å². The van der Waals surface area contributed by atoms with Crippen LogP contribution in [0.15, 0.2) is 53.4 Å². The van der Waals surface area contributed by atoms with Crippen LogP contribution in [-0.4, -0.2) is 62.5 Å². The molecule has 39 heavy (non-hydrogen) atoms. The number of likely N-dealkylation sites (tertiary alicyclic amines) is 2. The number of piperidine rings is 1. The Labute approximate surface area is 243 Å². The van der Waals surface area contributed by atoms with Gasteiger partial charge in [0, 0.05) is 36.8 Å². The molecule has 0 saturated carbocycles. The van der Waals surface area contributed by atoms with Gasteiger partial charge in [0.1, 0.15) is 0 Å². The molecule has 2 aliphatic rings. The highest BCUT2D eigenvalue weighted by atomic mass is 35.5. The number of hydrogen-bond donors (Lipinski definition) is 1. The molecule has 1 atom stereocenters. The maximum absolute atomic E-state index is 13.4. The maximum Gasteiger partial charge on any atom is 0.229 e. The van der Waals surface area contributed by atoms with Crippen LogP contribution in [0.2, 0.25) is 5.02 Å². The Morgan fingerprint density at radius 1 is 1.03 bits per heavy atom. The fourth-order valence-corrected chi connectivity index (χ4v) is 6.39. The van der Waals surface area contributed by atoms with E-state index in [2.05, 4.69) is 10.2 Å². The van der Waals surface area contributed by atoms with Gasteiger partial charge in [-0.2, -0.15) is 0 Å². The molecule has 0 bridgehead atoms. The minimum absolute atomic E-state index is 0. The van der Waals surface area contributed by atoms with E-state index >= 15 is 0 Å². The van der Waals surface area contributed by atoms with Crippen LogP contribution in [0.1, 0.15) is 56.7 Å². The van der Waals surface area contributed by atoms with Crippen molar-refractivity contribution in [3.8, 4) is 0 Å². The number of amides is 2. The van der Waals surface area contributed by atoms with Crippen molar-refractivity contribution >= 4 is 45.7 Å². The number of nitrogens with zero attached hydrogens (tertiary/aromatic N) is 2. The van der Waals surface area contributed by atoms with Gasteiger partial charge in [-0.05, 0) is 68.1 Å². The first-order valence-electron chi connectivity index (χ1n) is 13.3. The van der Waals surface area contributed by atoms with Gasteiger partial charge in [0.15, 0.2) is 9.84 Å². The summed E-state index contributed by atoms with van der Waals surface area (Å²) in [5.74, 6) is 0.112. The molecule has 2 aromatic carbocycles. The van der Waals surface area contributed by atoms with Gasteiger partial charge >= 0.3 is 0 Å². The smallest absolute Gasteiger partial charge is 0.229 e. The Morgan fingerprint density at radius 3 is 2.23 bits per heavy atom. The van der Waals surface area contributed by atoms with Crippen molar-refractivity contribution in [2.24, 2.45) is 11.3 Å². The number of sulfone groups is 1. The van der Waals surface area contributed by atoms with E-state index in [0.29, 0.717) is 16.5 Å². The Bertz CT molecular complexity index is 1260. The zero-order chi connectivity index (χ0) is 27.5. The number of benzene rings is 2. The van der Waals surface area contributed by atoms with Crippen LogP contribution in [0.5, 0.6) is 0 Å². The van der Waals surface area contributed by atoms with E-state index in [1.165, 1.54) is 6.26 Å². The molecular formula is C29H39Cl2N3O4S. The van der Waals surface area contributed by atoms with Crippen LogP contribution in [0.4, 0.5) is 0 Å². The molecular weight excluding hydrogens is 557 g/mol. The summed E-state index contributed by atoms with van der Waals surface area (Å²) in [4.78, 5) is 30.5. The summed E-state index contributed by atoms with van der Waals surface area (Å²) < 4.78 is 23.4. The Morgan fingerprint density at radius 2 is 1.64 bits per heavy atom. The van der Waals surface area contributed by atoms with E-state index in [1.54, 1.807) is 24.3 Å². The van der Waals surface area contributed by atoms with Gasteiger partial charge in [-0.1, -0.05) is 55.8 Å². The van der Waals surface area contributed by atoms with Crippen molar-refractivity contribution in [1.82, 2.24) is 15.1 Å². The molecule has 0 radical (unpaired) electrons. The first-order chi connectivity index (χ1) is 18.0. The third-order valence-electron chi connectivity index (χ3n) is 7.99. The number of hydrogen-bond acceptors (Lipinski definition) is 5. The third-order valence-corrected chi connectivity index (χ3v) is 9.47. The minimum Gasteiger partial charge on any atom is -0.349 e. The summed E-state index contributed by atoms with van der Waals surface area (Å²) >= 11 is 6.47. The second-order valence-corrected chi connectivity index (χ2v) is 13.5. The van der Waals surface area contributed by atoms with Crippen molar-refractivity contribution in [3.05, 3.63) is 64.7 Å². The van der Waals surface area contributed by atoms with Crippen LogP contribution in [0.25, 0.3) is 0 Å². The molecule has 2 fully saturated rings. The molecule has 214 valence electrons. The molecule has 2 aliphatic heterocycles. The molecule has 10 heteroatoms. The largest absolute Gasteiger partial charge is 0.349 e. The molecule has 1 unspecified atom stereocenters. The van der Waals surface area contributed by atoms with E-state index in [0.717, 1.165) is 63.0 Å². The molecule has 0 aromatic heterocycles. The minimum atomic E-state index is -3.24. The van der Waals surface area contributed by atoms with Crippen molar-refractivity contribution < 1.29 is 18.0 Å². The lowest BCUT2D eigenvalue weighted by molar-refractivity contribution is -0.139. The average molecular weight is 597 g/mol. The number of carbonyl (C=O) groups is 2. The lowest BCUT2D eigenvalue weighted by atomic mass is 9.77. The van der Waals surface area contributed by atoms with Gasteiger partial charge in [0.25, 0.3) is 0 Å². The number of nitrogens with one attached hydrogen (secondary N) is 1. The average Bonchev–Trinajstić information content (AvgIpc) is 3.17. The summed E-state index contributed by atoms with van der Waals surface area (Å²) in [6.45, 7) is 7.50. The van der Waals surface area contributed by atoms with E-state index in [9.17, 15) is 18.0 Å². The normalized spacial score (nSPS) is 18.3. The van der Waals surface area contributed by atoms with Gasteiger partial charge < -0.3 is 15.1 Å². The molecule has 2 saturated heterocycles. The molecule has 4 rings (SSSR count). The van der Waals surface area contributed by atoms with Crippen LogP contribution < -0.4 is 5.32 Å². The highest BCUT2D eigenvalue weighted by molar-refractivity contribution is 7.90. The van der Waals surface area contributed by atoms with E-state index in [-0.39, 0.29) is 41.6 Å². The molecule has 1 spiro atoms. The third kappa shape index (κ3) is 7.54. The molecule has 2 aromatic rings. The molecule has 2 amide bonds. The number of carbonyl (C=O) groups excluding carboxylic acids is 2. The van der Waals surface area contributed by atoms with E-state index in [4.69, 9.17) is 11.6 Å². The predicted octanol–water partition coefficient (Wildman–Crippen LogP) is 4.88. The van der Waals surface area contributed by atoms with Gasteiger partial charge in [-0.25, -0.2) is 8.42 Å². The molecule has 2 heterocycles. The van der Waals surface area contributed by atoms with Gasteiger partial charge in [-0.15, -0.1) is 12.4 Å². The SMILES string of the molecule is CC(C)C(=O)NC(CCN1CCC2(CC1)CCN(Cc1ccc(S(C)(=O)=O)cc1)C2=O)c1ccccc1Cl.Cl. The Balaban J connectivity index is 0.00000420. The molecule has 0 aliphatic carbocycles. The Kier molecular flexibility index (Phi) is 10.5. The summed E-state index contributed by atoms with van der Waals surface area (Å²) in [6, 6.07) is 14.3. The van der Waals surface area contributed by atoms with Crippen LogP contribution >= 0.6 is 24.0 Å². The zero-order valence-electron chi connectivity index (χ0n) is 22.9. The van der Waals surface area contributed by atoms with Crippen molar-refractivity contribution in [2.45, 2.75) is 57.0 Å². The van der Waals surface area contributed by atoms with E-state index in [1.807, 2.05) is 43.0 Å². The van der Waals surface area contributed by atoms with Crippen LogP contribution in [0.3, 0.4) is 0 Å². The highest BCUT2D eigenvalue weighted by Crippen LogP contribution is 2.42. The Hall–Kier alpha value is -2.13. The van der Waals surface area contributed by atoms with Crippen molar-refractivity contribution in [1.29, 1.82) is 0 Å². The topological polar surface area (TPSA) is 86.8 Å². The summed E-state index contributed by atoms with van der Waals surface area (Å²) in [7, 11) is -3.24. The second kappa shape index (κ2) is 13.0. The van der Waals surface area contributed by atoms with Crippen molar-refractivity contribution in [3.63, 3.8) is 0 Å². The van der Waals surface area contributed by atoms with Crippen LogP contribution in [0, 0.1) is 11.3 Å². The highest BCUT2D eigenvalue weighted by Gasteiger charge is 2.47. The maximum atomic E-state index is 13.4. The fourth-order valence-electron chi connectivity index (χ4n) is 5.49. The fraction of sp³-hybridized carbons (Fsp3) is 0.517. The quantitative estimate of drug-likeness (QED) is 0.446. The molecule has 1 N–H and O–H groups in total. The number of halogens is 2. The van der Waals surface area contributed by atoms with E-state index < -0.39 is 9.84 Å². The zero-order valence-corrected chi connectivity index (χ0v) is 25.2. The van der Waals surface area contributed by atoms with Gasteiger partial charge in [0.2, 0.25) is 11.8 Å². The number of rotatable bonds is 9. The predicted molar refractivity (Wildman–Crippen MR) is 157 cm³/mol. The summed E-state index contributed by atoms with van der Waals surface area (Å²) in [5.41, 5.74) is 1.56. The lowest BCUT2D eigenvalue weighted by Gasteiger charge is -2.38. The van der Waals surface area contributed by atoms with Crippen molar-refractivity contribution in [2.75, 3.05) is 32.4 Å². The summed E-state index contributed by atoms with van der Waals surface area (Å²) in [6.07, 6.45) is 4.45. The first-order valence-corrected chi connectivity index (χ1v) is 15.6. The summed E-state index contributed by atoms with van der Waals surface area (Å²) in [5, 5.41) is 3.82. The monoisotopic (exact) mass is 595 g/mol. The van der Waals surface area contributed by atoms with Gasteiger partial charge in [0.05, 0.1) is 16.4 Å². The standard InChI is InChI=1S/C29H38ClN3O4S.ClH/c1-21(2)27(34)31-26(24-6-4-5-7-25(24)30)12-16-32-17-13-29(14-18-32)15-19-33(28(29)35)20-22-8-10-23(11-9-22)38(3,36)37;/h4-11,21,26H,12-20H2,1-3H3,(H,31,34);1H. The molecule has 7 nitrogen and oxygen atoms in total. The van der Waals surface area contributed by atoms with Gasteiger partial charge in [-0.3, -0.25) is 9.59 Å². The lowest BCUT2D eigenvalue weighted by Crippen LogP contribution is -2.45. The second-order valence-electron chi connectivity index (χ2n) is 11.0. The first kappa shape index (κ1) is 31.4.